The Morgan fingerprint density at radius 3 is 2.74 bits per heavy atom. The quantitative estimate of drug-likeness (QED) is 0.813. The molecule has 0 unspecified atom stereocenters. The molecule has 1 amide bonds. The van der Waals surface area contributed by atoms with Crippen LogP contribution in [-0.4, -0.2) is 29.4 Å². The van der Waals surface area contributed by atoms with Crippen LogP contribution in [0, 0.1) is 11.3 Å². The standard InChI is InChI=1S/C18H15N3OS/c1-23-16-7-5-14(6-8-16)17-9-10-21(20-17)18(22)15-4-2-3-13(11-15)12-19/h2-8,11H,9-10H2,1H3. The molecule has 0 saturated heterocycles. The fraction of sp³-hybridized carbons (Fsp3) is 0.167. The van der Waals surface area contributed by atoms with Gasteiger partial charge in [0.2, 0.25) is 0 Å². The second-order valence-corrected chi connectivity index (χ2v) is 6.03. The lowest BCUT2D eigenvalue weighted by molar-refractivity contribution is 0.0778. The molecule has 0 N–H and O–H groups in total. The van der Waals surface area contributed by atoms with Gasteiger partial charge in [-0.25, -0.2) is 5.01 Å². The summed E-state index contributed by atoms with van der Waals surface area (Å²) in [6.45, 7) is 0.565. The van der Waals surface area contributed by atoms with Crippen LogP contribution in [0.3, 0.4) is 0 Å². The maximum Gasteiger partial charge on any atom is 0.274 e. The van der Waals surface area contributed by atoms with Gasteiger partial charge in [0, 0.05) is 16.9 Å². The fourth-order valence-corrected chi connectivity index (χ4v) is 2.87. The van der Waals surface area contributed by atoms with Gasteiger partial charge in [0.25, 0.3) is 5.91 Å². The van der Waals surface area contributed by atoms with Crippen LogP contribution in [0.5, 0.6) is 0 Å². The molecule has 2 aromatic rings. The van der Waals surface area contributed by atoms with Gasteiger partial charge in [0.05, 0.1) is 23.9 Å². The predicted molar refractivity (Wildman–Crippen MR) is 91.6 cm³/mol. The number of hydrogen-bond donors (Lipinski definition) is 0. The minimum Gasteiger partial charge on any atom is -0.267 e. The molecule has 0 bridgehead atoms. The van der Waals surface area contributed by atoms with Crippen molar-refractivity contribution in [1.82, 2.24) is 5.01 Å². The van der Waals surface area contributed by atoms with Gasteiger partial charge in [0.15, 0.2) is 0 Å². The molecule has 5 heteroatoms. The lowest BCUT2D eigenvalue weighted by Crippen LogP contribution is -2.23. The summed E-state index contributed by atoms with van der Waals surface area (Å²) in [6.07, 6.45) is 2.78. The highest BCUT2D eigenvalue weighted by molar-refractivity contribution is 7.98. The molecule has 1 aliphatic heterocycles. The third-order valence-electron chi connectivity index (χ3n) is 3.70. The number of nitriles is 1. The maximum atomic E-state index is 12.5. The monoisotopic (exact) mass is 321 g/mol. The van der Waals surface area contributed by atoms with Gasteiger partial charge < -0.3 is 0 Å². The molecule has 114 valence electrons. The minimum atomic E-state index is -0.169. The zero-order valence-electron chi connectivity index (χ0n) is 12.7. The number of carbonyl (C=O) groups excluding carboxylic acids is 1. The SMILES string of the molecule is CSc1ccc(C2=NN(C(=O)c3cccc(C#N)c3)CC2)cc1. The van der Waals surface area contributed by atoms with Crippen molar-refractivity contribution in [3.05, 3.63) is 65.2 Å². The molecule has 23 heavy (non-hydrogen) atoms. The van der Waals surface area contributed by atoms with Crippen molar-refractivity contribution in [3.63, 3.8) is 0 Å². The van der Waals surface area contributed by atoms with Crippen molar-refractivity contribution in [2.45, 2.75) is 11.3 Å². The summed E-state index contributed by atoms with van der Waals surface area (Å²) in [4.78, 5) is 13.7. The van der Waals surface area contributed by atoms with E-state index in [1.165, 1.54) is 9.90 Å². The van der Waals surface area contributed by atoms with Gasteiger partial charge in [-0.05, 0) is 42.2 Å². The fourth-order valence-electron chi connectivity index (χ4n) is 2.46. The molecule has 3 rings (SSSR count). The number of hydrazone groups is 1. The summed E-state index contributed by atoms with van der Waals surface area (Å²) in [6, 6.07) is 17.0. The first-order chi connectivity index (χ1) is 11.2. The van der Waals surface area contributed by atoms with E-state index < -0.39 is 0 Å². The Bertz CT molecular complexity index is 806. The molecule has 0 spiro atoms. The molecule has 0 aromatic heterocycles. The predicted octanol–water partition coefficient (Wildman–Crippen LogP) is 3.53. The Morgan fingerprint density at radius 1 is 1.26 bits per heavy atom. The molecule has 0 radical (unpaired) electrons. The van der Waals surface area contributed by atoms with E-state index in [0.29, 0.717) is 17.7 Å². The smallest absolute Gasteiger partial charge is 0.267 e. The lowest BCUT2D eigenvalue weighted by atomic mass is 10.1. The normalized spacial score (nSPS) is 13.6. The molecule has 1 heterocycles. The van der Waals surface area contributed by atoms with Gasteiger partial charge in [-0.3, -0.25) is 4.79 Å². The van der Waals surface area contributed by atoms with Crippen LogP contribution >= 0.6 is 11.8 Å². The molecule has 0 fully saturated rings. The number of carbonyl (C=O) groups is 1. The van der Waals surface area contributed by atoms with Gasteiger partial charge in [-0.2, -0.15) is 10.4 Å². The van der Waals surface area contributed by atoms with E-state index in [1.807, 2.05) is 24.5 Å². The minimum absolute atomic E-state index is 0.169. The van der Waals surface area contributed by atoms with Crippen LogP contribution in [0.4, 0.5) is 0 Å². The molecule has 0 atom stereocenters. The summed E-state index contributed by atoms with van der Waals surface area (Å²) >= 11 is 1.70. The topological polar surface area (TPSA) is 56.5 Å². The average molecular weight is 321 g/mol. The highest BCUT2D eigenvalue weighted by Gasteiger charge is 2.22. The van der Waals surface area contributed by atoms with E-state index >= 15 is 0 Å². The zero-order chi connectivity index (χ0) is 16.2. The second kappa shape index (κ2) is 6.67. The number of nitrogens with zero attached hydrogens (tertiary/aromatic N) is 3. The van der Waals surface area contributed by atoms with Crippen molar-refractivity contribution in [2.75, 3.05) is 12.8 Å². The van der Waals surface area contributed by atoms with Crippen LogP contribution in [0.25, 0.3) is 0 Å². The van der Waals surface area contributed by atoms with Crippen LogP contribution in [0.1, 0.15) is 27.9 Å². The third kappa shape index (κ3) is 3.27. The molecule has 0 aliphatic carbocycles. The van der Waals surface area contributed by atoms with Crippen molar-refractivity contribution >= 4 is 23.4 Å². The van der Waals surface area contributed by atoms with E-state index in [4.69, 9.17) is 5.26 Å². The first kappa shape index (κ1) is 15.3. The van der Waals surface area contributed by atoms with Gasteiger partial charge in [-0.15, -0.1) is 11.8 Å². The molecular formula is C18H15N3OS. The Hall–Kier alpha value is -2.58. The Morgan fingerprint density at radius 2 is 2.04 bits per heavy atom. The molecule has 1 aliphatic rings. The summed E-state index contributed by atoms with van der Waals surface area (Å²) in [7, 11) is 0. The van der Waals surface area contributed by atoms with Crippen molar-refractivity contribution < 1.29 is 4.79 Å². The van der Waals surface area contributed by atoms with E-state index in [2.05, 4.69) is 17.2 Å². The summed E-state index contributed by atoms with van der Waals surface area (Å²) in [5.74, 6) is -0.169. The molecule has 0 saturated carbocycles. The van der Waals surface area contributed by atoms with Crippen molar-refractivity contribution in [2.24, 2.45) is 5.10 Å². The van der Waals surface area contributed by atoms with Gasteiger partial charge in [0.1, 0.15) is 0 Å². The summed E-state index contributed by atoms with van der Waals surface area (Å²) in [5, 5.41) is 14.9. The molecular weight excluding hydrogens is 306 g/mol. The highest BCUT2D eigenvalue weighted by atomic mass is 32.2. The average Bonchev–Trinajstić information content (AvgIpc) is 3.11. The van der Waals surface area contributed by atoms with E-state index in [0.717, 1.165) is 17.7 Å². The number of amides is 1. The van der Waals surface area contributed by atoms with Crippen LogP contribution in [-0.2, 0) is 0 Å². The van der Waals surface area contributed by atoms with E-state index in [-0.39, 0.29) is 5.91 Å². The lowest BCUT2D eigenvalue weighted by Gasteiger charge is -2.11. The van der Waals surface area contributed by atoms with Crippen molar-refractivity contribution in [1.29, 1.82) is 5.26 Å². The number of rotatable bonds is 3. The van der Waals surface area contributed by atoms with E-state index in [9.17, 15) is 4.79 Å². The first-order valence-electron chi connectivity index (χ1n) is 7.25. The maximum absolute atomic E-state index is 12.5. The van der Waals surface area contributed by atoms with Crippen LogP contribution in [0.15, 0.2) is 58.5 Å². The second-order valence-electron chi connectivity index (χ2n) is 5.15. The number of thioether (sulfide) groups is 1. The Labute approximate surface area is 139 Å². The summed E-state index contributed by atoms with van der Waals surface area (Å²) < 4.78 is 0. The first-order valence-corrected chi connectivity index (χ1v) is 8.47. The number of benzene rings is 2. The van der Waals surface area contributed by atoms with Crippen LogP contribution < -0.4 is 0 Å². The van der Waals surface area contributed by atoms with Crippen molar-refractivity contribution in [3.8, 4) is 6.07 Å². The van der Waals surface area contributed by atoms with E-state index in [1.54, 1.807) is 36.0 Å². The zero-order valence-corrected chi connectivity index (χ0v) is 13.5. The third-order valence-corrected chi connectivity index (χ3v) is 4.44. The number of hydrogen-bond acceptors (Lipinski definition) is 4. The highest BCUT2D eigenvalue weighted by Crippen LogP contribution is 2.20. The Balaban J connectivity index is 1.80. The van der Waals surface area contributed by atoms with Crippen LogP contribution in [0.2, 0.25) is 0 Å². The van der Waals surface area contributed by atoms with Gasteiger partial charge >= 0.3 is 0 Å². The Kier molecular flexibility index (Phi) is 4.45. The van der Waals surface area contributed by atoms with Gasteiger partial charge in [-0.1, -0.05) is 18.2 Å². The summed E-state index contributed by atoms with van der Waals surface area (Å²) in [5.41, 5.74) is 2.94. The molecule has 2 aromatic carbocycles. The molecule has 4 nitrogen and oxygen atoms in total. The largest absolute Gasteiger partial charge is 0.274 e.